The highest BCUT2D eigenvalue weighted by Gasteiger charge is 2.36. The van der Waals surface area contributed by atoms with Gasteiger partial charge in [0.2, 0.25) is 0 Å². The Morgan fingerprint density at radius 2 is 1.96 bits per heavy atom. The van der Waals surface area contributed by atoms with E-state index in [9.17, 15) is 4.79 Å². The molecule has 1 atom stereocenters. The van der Waals surface area contributed by atoms with Crippen LogP contribution in [-0.2, 0) is 13.0 Å². The molecule has 0 bridgehead atoms. The van der Waals surface area contributed by atoms with Crippen LogP contribution in [0.3, 0.4) is 0 Å². The van der Waals surface area contributed by atoms with Gasteiger partial charge in [0.1, 0.15) is 0 Å². The monoisotopic (exact) mass is 318 g/mol. The third-order valence-corrected chi connectivity index (χ3v) is 5.13. The van der Waals surface area contributed by atoms with E-state index in [4.69, 9.17) is 0 Å². The van der Waals surface area contributed by atoms with E-state index in [1.54, 1.807) is 6.08 Å². The molecular weight excluding hydrogens is 296 g/mol. The standard InChI is InChI=1S/C21H22N2O/c1-2-16-8-9-18-13-19-15-22(14-17-6-4-3-5-7-17)10-11-23(19)21(24)20(18)12-16/h2-9,12,19H,1,10-11,13-15H2. The topological polar surface area (TPSA) is 23.6 Å². The largest absolute Gasteiger partial charge is 0.333 e. The number of hydrogen-bond acceptors (Lipinski definition) is 2. The first kappa shape index (κ1) is 15.2. The number of carbonyl (C=O) groups is 1. The van der Waals surface area contributed by atoms with Crippen LogP contribution in [0.5, 0.6) is 0 Å². The molecule has 0 aliphatic carbocycles. The van der Waals surface area contributed by atoms with Crippen LogP contribution in [-0.4, -0.2) is 41.4 Å². The van der Waals surface area contributed by atoms with E-state index in [0.29, 0.717) is 0 Å². The van der Waals surface area contributed by atoms with Crippen LogP contribution in [0.1, 0.15) is 27.0 Å². The smallest absolute Gasteiger partial charge is 0.254 e. The summed E-state index contributed by atoms with van der Waals surface area (Å²) in [6.07, 6.45) is 2.75. The van der Waals surface area contributed by atoms with Gasteiger partial charge in [-0.05, 0) is 29.2 Å². The molecule has 1 fully saturated rings. The summed E-state index contributed by atoms with van der Waals surface area (Å²) in [5.41, 5.74) is 4.39. The minimum absolute atomic E-state index is 0.185. The zero-order chi connectivity index (χ0) is 16.5. The Labute approximate surface area is 143 Å². The van der Waals surface area contributed by atoms with Crippen LogP contribution < -0.4 is 0 Å². The highest BCUT2D eigenvalue weighted by molar-refractivity contribution is 5.97. The Balaban J connectivity index is 1.53. The molecular formula is C21H22N2O. The predicted molar refractivity (Wildman–Crippen MR) is 96.8 cm³/mol. The van der Waals surface area contributed by atoms with Gasteiger partial charge < -0.3 is 4.90 Å². The van der Waals surface area contributed by atoms with Crippen LogP contribution in [0.25, 0.3) is 6.08 Å². The van der Waals surface area contributed by atoms with Gasteiger partial charge >= 0.3 is 0 Å². The van der Waals surface area contributed by atoms with Gasteiger partial charge in [0.25, 0.3) is 5.91 Å². The molecule has 0 aromatic heterocycles. The van der Waals surface area contributed by atoms with Gasteiger partial charge in [-0.2, -0.15) is 0 Å². The molecule has 3 heteroatoms. The lowest BCUT2D eigenvalue weighted by atomic mass is 9.90. The summed E-state index contributed by atoms with van der Waals surface area (Å²) in [6.45, 7) is 7.46. The van der Waals surface area contributed by atoms with Gasteiger partial charge in [0, 0.05) is 37.8 Å². The lowest BCUT2D eigenvalue weighted by molar-refractivity contribution is 0.0402. The summed E-state index contributed by atoms with van der Waals surface area (Å²) in [5, 5.41) is 0. The molecule has 2 aliphatic heterocycles. The molecule has 2 aliphatic rings. The van der Waals surface area contributed by atoms with Crippen molar-refractivity contribution in [3.63, 3.8) is 0 Å². The van der Waals surface area contributed by atoms with Gasteiger partial charge in [-0.3, -0.25) is 9.69 Å². The predicted octanol–water partition coefficient (Wildman–Crippen LogP) is 3.21. The molecule has 3 nitrogen and oxygen atoms in total. The van der Waals surface area contributed by atoms with Crippen LogP contribution in [0, 0.1) is 0 Å². The molecule has 1 unspecified atom stereocenters. The normalized spacial score (nSPS) is 20.4. The Bertz CT molecular complexity index is 769. The lowest BCUT2D eigenvalue weighted by Gasteiger charge is -2.44. The van der Waals surface area contributed by atoms with E-state index in [2.05, 4.69) is 58.8 Å². The molecule has 2 heterocycles. The first-order valence-electron chi connectivity index (χ1n) is 8.57. The Hall–Kier alpha value is -2.39. The average Bonchev–Trinajstić information content (AvgIpc) is 2.62. The lowest BCUT2D eigenvalue weighted by Crippen LogP contribution is -2.57. The SMILES string of the molecule is C=Cc1ccc2c(c1)C(=O)N1CCN(Cc3ccccc3)CC1C2. The fraction of sp³-hybridized carbons (Fsp3) is 0.286. The number of rotatable bonds is 3. The maximum atomic E-state index is 12.9. The van der Waals surface area contributed by atoms with E-state index in [1.807, 2.05) is 6.07 Å². The highest BCUT2D eigenvalue weighted by Crippen LogP contribution is 2.27. The van der Waals surface area contributed by atoms with E-state index in [-0.39, 0.29) is 11.9 Å². The van der Waals surface area contributed by atoms with Gasteiger partial charge in [-0.1, -0.05) is 55.1 Å². The molecule has 0 spiro atoms. The molecule has 1 saturated heterocycles. The van der Waals surface area contributed by atoms with Gasteiger partial charge in [-0.15, -0.1) is 0 Å². The molecule has 0 N–H and O–H groups in total. The molecule has 122 valence electrons. The molecule has 0 radical (unpaired) electrons. The van der Waals surface area contributed by atoms with E-state index >= 15 is 0 Å². The summed E-state index contributed by atoms with van der Waals surface area (Å²) >= 11 is 0. The third-order valence-electron chi connectivity index (χ3n) is 5.13. The molecule has 0 saturated carbocycles. The zero-order valence-electron chi connectivity index (χ0n) is 13.8. The van der Waals surface area contributed by atoms with Crippen LogP contribution in [0.2, 0.25) is 0 Å². The summed E-state index contributed by atoms with van der Waals surface area (Å²) in [7, 11) is 0. The molecule has 2 aromatic rings. The van der Waals surface area contributed by atoms with Gasteiger partial charge in [0.05, 0.1) is 0 Å². The number of piperazine rings is 1. The molecule has 2 aromatic carbocycles. The Kier molecular flexibility index (Phi) is 3.95. The fourth-order valence-corrected chi connectivity index (χ4v) is 3.85. The summed E-state index contributed by atoms with van der Waals surface area (Å²) in [4.78, 5) is 17.4. The van der Waals surface area contributed by atoms with Crippen LogP contribution in [0.4, 0.5) is 0 Å². The van der Waals surface area contributed by atoms with Crippen molar-refractivity contribution in [3.05, 3.63) is 77.4 Å². The van der Waals surface area contributed by atoms with Gasteiger partial charge in [-0.25, -0.2) is 0 Å². The van der Waals surface area contributed by atoms with Crippen molar-refractivity contribution in [3.8, 4) is 0 Å². The fourth-order valence-electron chi connectivity index (χ4n) is 3.85. The van der Waals surface area contributed by atoms with Crippen molar-refractivity contribution >= 4 is 12.0 Å². The quantitative estimate of drug-likeness (QED) is 0.867. The van der Waals surface area contributed by atoms with Crippen LogP contribution >= 0.6 is 0 Å². The van der Waals surface area contributed by atoms with Crippen molar-refractivity contribution in [1.82, 2.24) is 9.80 Å². The maximum Gasteiger partial charge on any atom is 0.254 e. The van der Waals surface area contributed by atoms with Crippen molar-refractivity contribution in [2.24, 2.45) is 0 Å². The second kappa shape index (κ2) is 6.25. The molecule has 4 rings (SSSR count). The van der Waals surface area contributed by atoms with Crippen molar-refractivity contribution in [2.75, 3.05) is 19.6 Å². The zero-order valence-corrected chi connectivity index (χ0v) is 13.8. The minimum Gasteiger partial charge on any atom is -0.333 e. The summed E-state index contributed by atoms with van der Waals surface area (Å²) < 4.78 is 0. The molecule has 24 heavy (non-hydrogen) atoms. The van der Waals surface area contributed by atoms with E-state index in [1.165, 1.54) is 11.1 Å². The Morgan fingerprint density at radius 1 is 1.12 bits per heavy atom. The molecule has 1 amide bonds. The second-order valence-electron chi connectivity index (χ2n) is 6.70. The minimum atomic E-state index is 0.185. The number of amides is 1. The van der Waals surface area contributed by atoms with Crippen molar-refractivity contribution < 1.29 is 4.79 Å². The number of nitrogens with zero attached hydrogens (tertiary/aromatic N) is 2. The first-order chi connectivity index (χ1) is 11.7. The van der Waals surface area contributed by atoms with E-state index < -0.39 is 0 Å². The van der Waals surface area contributed by atoms with Crippen LogP contribution in [0.15, 0.2) is 55.1 Å². The maximum absolute atomic E-state index is 12.9. The van der Waals surface area contributed by atoms with Gasteiger partial charge in [0.15, 0.2) is 0 Å². The van der Waals surface area contributed by atoms with E-state index in [0.717, 1.165) is 43.7 Å². The third kappa shape index (κ3) is 2.76. The first-order valence-corrected chi connectivity index (χ1v) is 8.57. The number of carbonyl (C=O) groups excluding carboxylic acids is 1. The number of fused-ring (bicyclic) bond motifs is 2. The average molecular weight is 318 g/mol. The number of hydrogen-bond donors (Lipinski definition) is 0. The number of benzene rings is 2. The van der Waals surface area contributed by atoms with Crippen molar-refractivity contribution in [2.45, 2.75) is 19.0 Å². The second-order valence-corrected chi connectivity index (χ2v) is 6.70. The van der Waals surface area contributed by atoms with Crippen molar-refractivity contribution in [1.29, 1.82) is 0 Å². The Morgan fingerprint density at radius 3 is 2.75 bits per heavy atom. The highest BCUT2D eigenvalue weighted by atomic mass is 16.2. The summed E-state index contributed by atoms with van der Waals surface area (Å²) in [5.74, 6) is 0.185. The summed E-state index contributed by atoms with van der Waals surface area (Å²) in [6, 6.07) is 17.0.